The molecule has 0 radical (unpaired) electrons. The average Bonchev–Trinajstić information content (AvgIpc) is 2.90. The van der Waals surface area contributed by atoms with Crippen molar-refractivity contribution in [3.8, 4) is 0 Å². The average molecular weight is 237 g/mol. The Labute approximate surface area is 101 Å². The number of thiophene rings is 1. The molecule has 1 aliphatic rings. The van der Waals surface area contributed by atoms with E-state index in [1.54, 1.807) is 11.3 Å². The lowest BCUT2D eigenvalue weighted by Gasteiger charge is -2.28. The molecule has 0 bridgehead atoms. The van der Waals surface area contributed by atoms with Gasteiger partial charge in [0.15, 0.2) is 0 Å². The number of hydrogen-bond acceptors (Lipinski definition) is 3. The second-order valence-corrected chi connectivity index (χ2v) is 5.77. The molecule has 1 aliphatic carbocycles. The van der Waals surface area contributed by atoms with Crippen molar-refractivity contribution in [2.75, 3.05) is 13.6 Å². The third-order valence-corrected chi connectivity index (χ3v) is 4.20. The van der Waals surface area contributed by atoms with E-state index in [2.05, 4.69) is 28.8 Å². The summed E-state index contributed by atoms with van der Waals surface area (Å²) in [6.45, 7) is 1.87. The summed E-state index contributed by atoms with van der Waals surface area (Å²) < 4.78 is 0. The molecular weight excluding hydrogens is 218 g/mol. The smallest absolute Gasteiger partial charge is 0.127 e. The fourth-order valence-electron chi connectivity index (χ4n) is 2.68. The Balaban J connectivity index is 1.90. The minimum atomic E-state index is -0.0508. The summed E-state index contributed by atoms with van der Waals surface area (Å²) in [5, 5.41) is 4.28. The van der Waals surface area contributed by atoms with Crippen LogP contribution in [-0.2, 0) is 11.3 Å². The van der Waals surface area contributed by atoms with E-state index in [1.807, 2.05) is 0 Å². The van der Waals surface area contributed by atoms with Crippen molar-refractivity contribution < 1.29 is 4.79 Å². The number of hydrogen-bond donors (Lipinski definition) is 0. The summed E-state index contributed by atoms with van der Waals surface area (Å²) in [5.41, 5.74) is 1.30. The Morgan fingerprint density at radius 3 is 2.81 bits per heavy atom. The van der Waals surface area contributed by atoms with Crippen LogP contribution in [0.3, 0.4) is 0 Å². The first-order valence-electron chi connectivity index (χ1n) is 5.90. The molecule has 1 saturated carbocycles. The summed E-state index contributed by atoms with van der Waals surface area (Å²) in [7, 11) is 2.11. The van der Waals surface area contributed by atoms with Crippen LogP contribution >= 0.6 is 11.3 Å². The number of carbonyl (C=O) groups is 1. The SMILES string of the molecule is CN(Cc1ccsc1)CC1(C=O)CCCC1. The lowest BCUT2D eigenvalue weighted by molar-refractivity contribution is -0.116. The number of aldehydes is 1. The van der Waals surface area contributed by atoms with E-state index >= 15 is 0 Å². The van der Waals surface area contributed by atoms with Gasteiger partial charge in [0.25, 0.3) is 0 Å². The standard InChI is InChI=1S/C13H19NOS/c1-14(8-12-4-7-16-9-12)10-13(11-15)5-2-3-6-13/h4,7,9,11H,2-3,5-6,8,10H2,1H3. The fraction of sp³-hybridized carbons (Fsp3) is 0.615. The topological polar surface area (TPSA) is 20.3 Å². The highest BCUT2D eigenvalue weighted by Gasteiger charge is 2.34. The Morgan fingerprint density at radius 1 is 1.50 bits per heavy atom. The summed E-state index contributed by atoms with van der Waals surface area (Å²) in [4.78, 5) is 13.5. The summed E-state index contributed by atoms with van der Waals surface area (Å²) >= 11 is 1.73. The zero-order valence-electron chi connectivity index (χ0n) is 9.82. The molecule has 0 saturated heterocycles. The molecule has 0 aliphatic heterocycles. The van der Waals surface area contributed by atoms with Gasteiger partial charge in [-0.15, -0.1) is 0 Å². The molecule has 16 heavy (non-hydrogen) atoms. The Morgan fingerprint density at radius 2 is 2.25 bits per heavy atom. The molecule has 0 spiro atoms. The molecule has 2 nitrogen and oxygen atoms in total. The predicted molar refractivity (Wildman–Crippen MR) is 67.6 cm³/mol. The molecule has 0 atom stereocenters. The predicted octanol–water partition coefficient (Wildman–Crippen LogP) is 2.94. The molecular formula is C13H19NOS. The number of carbonyl (C=O) groups excluding carboxylic acids is 1. The van der Waals surface area contributed by atoms with Crippen molar-refractivity contribution >= 4 is 17.6 Å². The first kappa shape index (κ1) is 11.8. The van der Waals surface area contributed by atoms with E-state index in [4.69, 9.17) is 0 Å². The maximum Gasteiger partial charge on any atom is 0.127 e. The first-order valence-corrected chi connectivity index (χ1v) is 6.84. The number of rotatable bonds is 5. The van der Waals surface area contributed by atoms with Crippen molar-refractivity contribution in [1.82, 2.24) is 4.90 Å². The molecule has 0 aromatic carbocycles. The molecule has 1 aromatic heterocycles. The van der Waals surface area contributed by atoms with Crippen LogP contribution in [0, 0.1) is 5.41 Å². The van der Waals surface area contributed by atoms with Crippen LogP contribution in [0.25, 0.3) is 0 Å². The van der Waals surface area contributed by atoms with Crippen LogP contribution in [0.2, 0.25) is 0 Å². The highest BCUT2D eigenvalue weighted by Crippen LogP contribution is 2.36. The van der Waals surface area contributed by atoms with E-state index < -0.39 is 0 Å². The van der Waals surface area contributed by atoms with Crippen molar-refractivity contribution in [1.29, 1.82) is 0 Å². The van der Waals surface area contributed by atoms with Gasteiger partial charge in [0.05, 0.1) is 0 Å². The summed E-state index contributed by atoms with van der Waals surface area (Å²) in [6.07, 6.45) is 5.77. The Bertz CT molecular complexity index is 328. The number of nitrogens with zero attached hydrogens (tertiary/aromatic N) is 1. The van der Waals surface area contributed by atoms with Gasteiger partial charge in [0.1, 0.15) is 6.29 Å². The molecule has 0 amide bonds. The van der Waals surface area contributed by atoms with Crippen LogP contribution in [-0.4, -0.2) is 24.8 Å². The van der Waals surface area contributed by atoms with Gasteiger partial charge >= 0.3 is 0 Å². The van der Waals surface area contributed by atoms with Crippen molar-refractivity contribution in [2.45, 2.75) is 32.2 Å². The molecule has 2 rings (SSSR count). The van der Waals surface area contributed by atoms with Gasteiger partial charge in [0.2, 0.25) is 0 Å². The highest BCUT2D eigenvalue weighted by atomic mass is 32.1. The van der Waals surface area contributed by atoms with E-state index in [-0.39, 0.29) is 5.41 Å². The van der Waals surface area contributed by atoms with Crippen molar-refractivity contribution in [3.63, 3.8) is 0 Å². The van der Waals surface area contributed by atoms with E-state index in [0.29, 0.717) is 0 Å². The minimum Gasteiger partial charge on any atom is -0.303 e. The summed E-state index contributed by atoms with van der Waals surface area (Å²) in [6, 6.07) is 2.16. The monoisotopic (exact) mass is 237 g/mol. The highest BCUT2D eigenvalue weighted by molar-refractivity contribution is 7.07. The maximum atomic E-state index is 11.2. The first-order chi connectivity index (χ1) is 7.74. The van der Waals surface area contributed by atoms with E-state index in [0.717, 1.165) is 25.9 Å². The van der Waals surface area contributed by atoms with Crippen LogP contribution < -0.4 is 0 Å². The lowest BCUT2D eigenvalue weighted by atomic mass is 9.87. The second-order valence-electron chi connectivity index (χ2n) is 4.99. The molecule has 1 aromatic rings. The molecule has 1 heterocycles. The van der Waals surface area contributed by atoms with Crippen molar-refractivity contribution in [2.24, 2.45) is 5.41 Å². The van der Waals surface area contributed by atoms with E-state index in [1.165, 1.54) is 24.7 Å². The summed E-state index contributed by atoms with van der Waals surface area (Å²) in [5.74, 6) is 0. The minimum absolute atomic E-state index is 0.0508. The van der Waals surface area contributed by atoms with Crippen LogP contribution in [0.5, 0.6) is 0 Å². The van der Waals surface area contributed by atoms with Crippen molar-refractivity contribution in [3.05, 3.63) is 22.4 Å². The quantitative estimate of drug-likeness (QED) is 0.734. The van der Waals surface area contributed by atoms with E-state index in [9.17, 15) is 4.79 Å². The van der Waals surface area contributed by atoms with Crippen LogP contribution in [0.15, 0.2) is 16.8 Å². The maximum absolute atomic E-state index is 11.2. The molecule has 3 heteroatoms. The lowest BCUT2D eigenvalue weighted by Crippen LogP contribution is -2.34. The van der Waals surface area contributed by atoms with Gasteiger partial charge in [-0.1, -0.05) is 12.8 Å². The molecule has 0 N–H and O–H groups in total. The third-order valence-electron chi connectivity index (χ3n) is 3.47. The van der Waals surface area contributed by atoms with Gasteiger partial charge in [-0.2, -0.15) is 11.3 Å². The molecule has 88 valence electrons. The Kier molecular flexibility index (Phi) is 3.77. The van der Waals surface area contributed by atoms with Gasteiger partial charge in [-0.05, 0) is 42.3 Å². The molecule has 1 fully saturated rings. The van der Waals surface area contributed by atoms with Gasteiger partial charge in [0, 0.05) is 18.5 Å². The molecule has 0 unspecified atom stereocenters. The largest absolute Gasteiger partial charge is 0.303 e. The van der Waals surface area contributed by atoms with Crippen LogP contribution in [0.1, 0.15) is 31.2 Å². The Hall–Kier alpha value is -0.670. The fourth-order valence-corrected chi connectivity index (χ4v) is 3.34. The normalized spacial score (nSPS) is 19.1. The van der Waals surface area contributed by atoms with Gasteiger partial charge < -0.3 is 9.69 Å². The zero-order valence-corrected chi connectivity index (χ0v) is 10.6. The van der Waals surface area contributed by atoms with Crippen LogP contribution in [0.4, 0.5) is 0 Å². The second kappa shape index (κ2) is 5.11. The van der Waals surface area contributed by atoms with Gasteiger partial charge in [-0.3, -0.25) is 0 Å². The van der Waals surface area contributed by atoms with Gasteiger partial charge in [-0.25, -0.2) is 0 Å². The zero-order chi connectivity index (χ0) is 11.4. The third kappa shape index (κ3) is 2.71.